The van der Waals surface area contributed by atoms with Crippen molar-refractivity contribution in [2.45, 2.75) is 97.8 Å². The number of amides is 2. The van der Waals surface area contributed by atoms with E-state index in [9.17, 15) is 9.59 Å². The molecular formula is C24H40N2O3. The average molecular weight is 405 g/mol. The molecule has 0 bridgehead atoms. The van der Waals surface area contributed by atoms with Crippen molar-refractivity contribution >= 4 is 11.8 Å². The summed E-state index contributed by atoms with van der Waals surface area (Å²) in [5, 5.41) is 0. The monoisotopic (exact) mass is 404 g/mol. The third-order valence-electron chi connectivity index (χ3n) is 4.91. The molecule has 0 saturated heterocycles. The highest BCUT2D eigenvalue weighted by Crippen LogP contribution is 2.16. The first-order valence-corrected chi connectivity index (χ1v) is 11.3. The normalized spacial score (nSPS) is 10.6. The van der Waals surface area contributed by atoms with E-state index in [1.165, 1.54) is 57.8 Å². The highest BCUT2D eigenvalue weighted by atomic mass is 16.5. The standard InChI is InChI=1S/C24H40N2O3/c1-4-5-6-7-8-9-10-11-12-13-14-15-23(27)25-26-24(28)19-29-22-17-20(2)16-21(3)18-22/h16-18H,4-15,19H2,1-3H3,(H,25,27)(H,26,28). The number of ether oxygens (including phenoxy) is 1. The number of benzene rings is 1. The molecule has 0 radical (unpaired) electrons. The average Bonchev–Trinajstić information content (AvgIpc) is 2.68. The number of rotatable bonds is 15. The Bertz CT molecular complexity index is 582. The zero-order chi connectivity index (χ0) is 21.3. The lowest BCUT2D eigenvalue weighted by molar-refractivity contribution is -0.130. The molecule has 0 aliphatic rings. The molecule has 0 spiro atoms. The Morgan fingerprint density at radius 1 is 0.724 bits per heavy atom. The summed E-state index contributed by atoms with van der Waals surface area (Å²) >= 11 is 0. The Hall–Kier alpha value is -2.04. The van der Waals surface area contributed by atoms with Crippen molar-refractivity contribution in [1.82, 2.24) is 10.9 Å². The minimum absolute atomic E-state index is 0.123. The van der Waals surface area contributed by atoms with E-state index in [2.05, 4.69) is 17.8 Å². The van der Waals surface area contributed by atoms with E-state index < -0.39 is 0 Å². The van der Waals surface area contributed by atoms with Crippen LogP contribution in [0.3, 0.4) is 0 Å². The Labute approximate surface area is 177 Å². The largest absolute Gasteiger partial charge is 0.484 e. The van der Waals surface area contributed by atoms with E-state index in [4.69, 9.17) is 4.74 Å². The van der Waals surface area contributed by atoms with Crippen molar-refractivity contribution in [3.05, 3.63) is 29.3 Å². The molecule has 1 aromatic rings. The quantitative estimate of drug-likeness (QED) is 0.298. The zero-order valence-corrected chi connectivity index (χ0v) is 18.6. The van der Waals surface area contributed by atoms with Gasteiger partial charge in [0, 0.05) is 6.42 Å². The first-order valence-electron chi connectivity index (χ1n) is 11.3. The molecule has 0 saturated carbocycles. The minimum Gasteiger partial charge on any atom is -0.484 e. The summed E-state index contributed by atoms with van der Waals surface area (Å²) in [7, 11) is 0. The predicted octanol–water partition coefficient (Wildman–Crippen LogP) is 5.53. The fourth-order valence-corrected chi connectivity index (χ4v) is 3.35. The van der Waals surface area contributed by atoms with Crippen molar-refractivity contribution in [1.29, 1.82) is 0 Å². The molecule has 0 aliphatic carbocycles. The van der Waals surface area contributed by atoms with Crippen LogP contribution in [0.4, 0.5) is 0 Å². The van der Waals surface area contributed by atoms with Gasteiger partial charge in [0.1, 0.15) is 5.75 Å². The molecule has 0 aliphatic heterocycles. The van der Waals surface area contributed by atoms with Crippen LogP contribution in [-0.4, -0.2) is 18.4 Å². The lowest BCUT2D eigenvalue weighted by Crippen LogP contribution is -2.43. The fourth-order valence-electron chi connectivity index (χ4n) is 3.35. The molecule has 2 amide bonds. The number of hydrogen-bond acceptors (Lipinski definition) is 3. The smallest absolute Gasteiger partial charge is 0.276 e. The number of hydrogen-bond donors (Lipinski definition) is 2. The summed E-state index contributed by atoms with van der Waals surface area (Å²) in [4.78, 5) is 23.6. The number of carbonyl (C=O) groups is 2. The van der Waals surface area contributed by atoms with E-state index in [-0.39, 0.29) is 18.4 Å². The fraction of sp³-hybridized carbons (Fsp3) is 0.667. The molecule has 0 aromatic heterocycles. The predicted molar refractivity (Wildman–Crippen MR) is 119 cm³/mol. The van der Waals surface area contributed by atoms with Crippen LogP contribution in [0.1, 0.15) is 95.1 Å². The summed E-state index contributed by atoms with van der Waals surface area (Å²) in [6.07, 6.45) is 14.2. The summed E-state index contributed by atoms with van der Waals surface area (Å²) < 4.78 is 5.47. The maximum Gasteiger partial charge on any atom is 0.276 e. The van der Waals surface area contributed by atoms with Crippen molar-refractivity contribution in [3.8, 4) is 5.75 Å². The van der Waals surface area contributed by atoms with E-state index in [0.29, 0.717) is 12.2 Å². The molecule has 0 heterocycles. The van der Waals surface area contributed by atoms with E-state index >= 15 is 0 Å². The Morgan fingerprint density at radius 2 is 1.21 bits per heavy atom. The molecule has 5 nitrogen and oxygen atoms in total. The second-order valence-corrected chi connectivity index (χ2v) is 7.99. The van der Waals surface area contributed by atoms with Crippen LogP contribution in [0, 0.1) is 13.8 Å². The van der Waals surface area contributed by atoms with Crippen LogP contribution >= 0.6 is 0 Å². The number of carbonyl (C=O) groups excluding carboxylic acids is 2. The van der Waals surface area contributed by atoms with Crippen LogP contribution in [0.2, 0.25) is 0 Å². The molecule has 0 unspecified atom stereocenters. The number of hydrazine groups is 1. The SMILES string of the molecule is CCCCCCCCCCCCCC(=O)NNC(=O)COc1cc(C)cc(C)c1. The van der Waals surface area contributed by atoms with Gasteiger partial charge in [-0.25, -0.2) is 0 Å². The Morgan fingerprint density at radius 3 is 1.76 bits per heavy atom. The first kappa shape index (κ1) is 25.0. The Balaban J connectivity index is 1.97. The van der Waals surface area contributed by atoms with Crippen LogP contribution in [0.25, 0.3) is 0 Å². The van der Waals surface area contributed by atoms with Crippen LogP contribution < -0.4 is 15.6 Å². The lowest BCUT2D eigenvalue weighted by Gasteiger charge is -2.10. The van der Waals surface area contributed by atoms with Gasteiger partial charge in [-0.3, -0.25) is 20.4 Å². The van der Waals surface area contributed by atoms with E-state index in [1.807, 2.05) is 32.0 Å². The molecular weight excluding hydrogens is 364 g/mol. The number of unbranched alkanes of at least 4 members (excludes halogenated alkanes) is 10. The zero-order valence-electron chi connectivity index (χ0n) is 18.6. The minimum atomic E-state index is -0.364. The first-order chi connectivity index (χ1) is 14.0. The van der Waals surface area contributed by atoms with Gasteiger partial charge in [0.15, 0.2) is 6.61 Å². The summed E-state index contributed by atoms with van der Waals surface area (Å²) in [6, 6.07) is 5.80. The van der Waals surface area contributed by atoms with Crippen LogP contribution in [-0.2, 0) is 9.59 Å². The van der Waals surface area contributed by atoms with Gasteiger partial charge in [0.25, 0.3) is 5.91 Å². The van der Waals surface area contributed by atoms with E-state index in [1.54, 1.807) is 0 Å². The highest BCUT2D eigenvalue weighted by Gasteiger charge is 2.06. The molecule has 2 N–H and O–H groups in total. The van der Waals surface area contributed by atoms with Crippen molar-refractivity contribution in [2.75, 3.05) is 6.61 Å². The second kappa shape index (κ2) is 15.8. The van der Waals surface area contributed by atoms with Gasteiger partial charge in [-0.15, -0.1) is 0 Å². The third-order valence-corrected chi connectivity index (χ3v) is 4.91. The topological polar surface area (TPSA) is 67.4 Å². The van der Waals surface area contributed by atoms with Crippen LogP contribution in [0.5, 0.6) is 5.75 Å². The van der Waals surface area contributed by atoms with Crippen molar-refractivity contribution in [2.24, 2.45) is 0 Å². The summed E-state index contributed by atoms with van der Waals surface area (Å²) in [6.45, 7) is 6.08. The Kier molecular flexibility index (Phi) is 13.6. The molecule has 0 fully saturated rings. The summed E-state index contributed by atoms with van der Waals surface area (Å²) in [5.41, 5.74) is 7.03. The van der Waals surface area contributed by atoms with Crippen molar-refractivity contribution in [3.63, 3.8) is 0 Å². The second-order valence-electron chi connectivity index (χ2n) is 7.99. The maximum atomic E-state index is 11.8. The van der Waals surface area contributed by atoms with Gasteiger partial charge in [-0.05, 0) is 43.5 Å². The van der Waals surface area contributed by atoms with Crippen LogP contribution in [0.15, 0.2) is 18.2 Å². The van der Waals surface area contributed by atoms with Gasteiger partial charge >= 0.3 is 0 Å². The molecule has 1 rings (SSSR count). The van der Waals surface area contributed by atoms with Gasteiger partial charge in [-0.1, -0.05) is 77.2 Å². The van der Waals surface area contributed by atoms with Crippen molar-refractivity contribution < 1.29 is 14.3 Å². The summed E-state index contributed by atoms with van der Waals surface area (Å²) in [5.74, 6) is 0.141. The van der Waals surface area contributed by atoms with Gasteiger partial charge in [0.2, 0.25) is 5.91 Å². The van der Waals surface area contributed by atoms with Gasteiger partial charge in [-0.2, -0.15) is 0 Å². The molecule has 0 atom stereocenters. The van der Waals surface area contributed by atoms with E-state index in [0.717, 1.165) is 24.0 Å². The number of nitrogens with one attached hydrogen (secondary N) is 2. The van der Waals surface area contributed by atoms with Gasteiger partial charge < -0.3 is 4.74 Å². The maximum absolute atomic E-state index is 11.8. The lowest BCUT2D eigenvalue weighted by atomic mass is 10.1. The molecule has 164 valence electrons. The van der Waals surface area contributed by atoms with Gasteiger partial charge in [0.05, 0.1) is 0 Å². The number of aryl methyl sites for hydroxylation is 2. The molecule has 29 heavy (non-hydrogen) atoms. The molecule has 1 aromatic carbocycles. The molecule has 5 heteroatoms. The third kappa shape index (κ3) is 13.7. The highest BCUT2D eigenvalue weighted by molar-refractivity contribution is 5.82.